The summed E-state index contributed by atoms with van der Waals surface area (Å²) in [5.41, 5.74) is 1.51. The summed E-state index contributed by atoms with van der Waals surface area (Å²) in [6, 6.07) is 4.11. The number of hydrogen-bond donors (Lipinski definition) is 0. The van der Waals surface area contributed by atoms with Crippen LogP contribution in [0.1, 0.15) is 54.2 Å². The lowest BCUT2D eigenvalue weighted by Crippen LogP contribution is -2.41. The molecule has 19 heavy (non-hydrogen) atoms. The molecular formula is C15H24BNO2. The van der Waals surface area contributed by atoms with E-state index in [1.807, 2.05) is 6.20 Å². The second kappa shape index (κ2) is 4.32. The van der Waals surface area contributed by atoms with E-state index in [9.17, 15) is 0 Å². The molecular weight excluding hydrogens is 239 g/mol. The lowest BCUT2D eigenvalue weighted by molar-refractivity contribution is 0.00578. The van der Waals surface area contributed by atoms with E-state index in [1.165, 1.54) is 0 Å². The lowest BCUT2D eigenvalue weighted by Gasteiger charge is -2.32. The Hall–Kier alpha value is -0.865. The zero-order valence-corrected chi connectivity index (χ0v) is 13.1. The molecule has 1 aromatic rings. The molecule has 0 saturated carbocycles. The normalized spacial score (nSPS) is 21.7. The highest BCUT2D eigenvalue weighted by molar-refractivity contribution is 6.62. The number of hydrogen-bond acceptors (Lipinski definition) is 3. The fraction of sp³-hybridized carbons (Fsp3) is 0.667. The SMILES string of the molecule is CC1(C)OB(c2ccc([14C](C)(C)C)nc2)OC1(C)C. The molecule has 0 spiro atoms. The Morgan fingerprint density at radius 3 is 1.89 bits per heavy atom. The second-order valence-corrected chi connectivity index (χ2v) is 7.32. The van der Waals surface area contributed by atoms with Crippen molar-refractivity contribution in [1.82, 2.24) is 4.98 Å². The van der Waals surface area contributed by atoms with Gasteiger partial charge in [0.15, 0.2) is 0 Å². The molecule has 1 saturated heterocycles. The van der Waals surface area contributed by atoms with Crippen LogP contribution >= 0.6 is 0 Å². The summed E-state index contributed by atoms with van der Waals surface area (Å²) in [6.45, 7) is 14.7. The highest BCUT2D eigenvalue weighted by Crippen LogP contribution is 2.36. The van der Waals surface area contributed by atoms with E-state index in [2.05, 4.69) is 65.6 Å². The number of aromatic nitrogens is 1. The van der Waals surface area contributed by atoms with Crippen molar-refractivity contribution in [2.75, 3.05) is 0 Å². The Morgan fingerprint density at radius 1 is 1.00 bits per heavy atom. The predicted molar refractivity (Wildman–Crippen MR) is 78.7 cm³/mol. The summed E-state index contributed by atoms with van der Waals surface area (Å²) in [5, 5.41) is 0. The van der Waals surface area contributed by atoms with Crippen LogP contribution < -0.4 is 5.46 Å². The molecule has 1 aromatic heterocycles. The van der Waals surface area contributed by atoms with Crippen molar-refractivity contribution >= 4 is 12.6 Å². The van der Waals surface area contributed by atoms with Crippen molar-refractivity contribution in [3.05, 3.63) is 24.0 Å². The van der Waals surface area contributed by atoms with Crippen LogP contribution in [0.5, 0.6) is 0 Å². The third-order valence-electron chi connectivity index (χ3n) is 4.08. The van der Waals surface area contributed by atoms with Gasteiger partial charge < -0.3 is 9.31 Å². The third kappa shape index (κ3) is 2.70. The van der Waals surface area contributed by atoms with Crippen LogP contribution in [0.25, 0.3) is 0 Å². The molecule has 0 radical (unpaired) electrons. The van der Waals surface area contributed by atoms with E-state index in [0.717, 1.165) is 11.2 Å². The summed E-state index contributed by atoms with van der Waals surface area (Å²) in [6.07, 6.45) is 1.86. The Balaban J connectivity index is 2.22. The van der Waals surface area contributed by atoms with Crippen LogP contribution in [0.15, 0.2) is 18.3 Å². The average Bonchev–Trinajstić information content (AvgIpc) is 2.47. The molecule has 2 heterocycles. The molecule has 0 bridgehead atoms. The van der Waals surface area contributed by atoms with Gasteiger partial charge in [-0.05, 0) is 33.8 Å². The topological polar surface area (TPSA) is 31.4 Å². The fourth-order valence-corrected chi connectivity index (χ4v) is 1.97. The average molecular weight is 263 g/mol. The minimum Gasteiger partial charge on any atom is -0.399 e. The first-order valence-electron chi connectivity index (χ1n) is 6.85. The van der Waals surface area contributed by atoms with Crippen LogP contribution in [0.4, 0.5) is 0 Å². The van der Waals surface area contributed by atoms with Crippen LogP contribution in [0.2, 0.25) is 0 Å². The number of nitrogens with zero attached hydrogens (tertiary/aromatic N) is 1. The Morgan fingerprint density at radius 2 is 1.53 bits per heavy atom. The van der Waals surface area contributed by atoms with Crippen LogP contribution in [0, 0.1) is 0 Å². The van der Waals surface area contributed by atoms with Gasteiger partial charge in [-0.25, -0.2) is 0 Å². The van der Waals surface area contributed by atoms with Gasteiger partial charge in [0.25, 0.3) is 0 Å². The summed E-state index contributed by atoms with van der Waals surface area (Å²) in [7, 11) is -0.327. The monoisotopic (exact) mass is 263 g/mol. The third-order valence-corrected chi connectivity index (χ3v) is 4.08. The van der Waals surface area contributed by atoms with Crippen LogP contribution in [-0.2, 0) is 14.7 Å². The van der Waals surface area contributed by atoms with E-state index < -0.39 is 0 Å². The lowest BCUT2D eigenvalue weighted by atomic mass is 9.80. The first-order chi connectivity index (χ1) is 8.53. The van der Waals surface area contributed by atoms with E-state index in [4.69, 9.17) is 9.31 Å². The van der Waals surface area contributed by atoms with Gasteiger partial charge in [0.2, 0.25) is 0 Å². The number of rotatable bonds is 1. The molecule has 104 valence electrons. The van der Waals surface area contributed by atoms with Gasteiger partial charge in [0, 0.05) is 22.8 Å². The van der Waals surface area contributed by atoms with Gasteiger partial charge in [-0.3, -0.25) is 4.98 Å². The summed E-state index contributed by atoms with van der Waals surface area (Å²) >= 11 is 0. The van der Waals surface area contributed by atoms with Crippen molar-refractivity contribution in [1.29, 1.82) is 0 Å². The van der Waals surface area contributed by atoms with E-state index >= 15 is 0 Å². The molecule has 0 unspecified atom stereocenters. The van der Waals surface area contributed by atoms with Gasteiger partial charge in [-0.2, -0.15) is 0 Å². The van der Waals surface area contributed by atoms with Gasteiger partial charge in [0.1, 0.15) is 0 Å². The maximum absolute atomic E-state index is 6.01. The van der Waals surface area contributed by atoms with Crippen molar-refractivity contribution in [2.45, 2.75) is 65.1 Å². The standard InChI is InChI=1S/C15H24BNO2/c1-13(2,3)12-9-8-11(10-17-12)16-18-14(4,5)15(6,7)19-16/h8-10H,1-7H3/i13+2. The van der Waals surface area contributed by atoms with Crippen molar-refractivity contribution in [3.63, 3.8) is 0 Å². The fourth-order valence-electron chi connectivity index (χ4n) is 1.97. The highest BCUT2D eigenvalue weighted by Gasteiger charge is 2.51. The molecule has 0 aliphatic carbocycles. The summed E-state index contributed by atoms with van der Waals surface area (Å²) < 4.78 is 12.0. The van der Waals surface area contributed by atoms with Crippen molar-refractivity contribution in [2.24, 2.45) is 0 Å². The largest absolute Gasteiger partial charge is 0.496 e. The minimum atomic E-state index is -0.327. The Kier molecular flexibility index (Phi) is 3.31. The van der Waals surface area contributed by atoms with E-state index in [1.54, 1.807) is 0 Å². The van der Waals surface area contributed by atoms with Crippen molar-refractivity contribution in [3.8, 4) is 0 Å². The molecule has 1 fully saturated rings. The molecule has 0 atom stereocenters. The molecule has 0 N–H and O–H groups in total. The van der Waals surface area contributed by atoms with Crippen molar-refractivity contribution < 1.29 is 9.31 Å². The smallest absolute Gasteiger partial charge is 0.399 e. The molecule has 1 aliphatic heterocycles. The second-order valence-electron chi connectivity index (χ2n) is 7.32. The highest BCUT2D eigenvalue weighted by atomic mass is 16.7. The Bertz CT molecular complexity index is 444. The summed E-state index contributed by atoms with van der Waals surface area (Å²) in [4.78, 5) is 4.53. The molecule has 4 heteroatoms. The minimum absolute atomic E-state index is 0.0640. The van der Waals surface area contributed by atoms with Gasteiger partial charge in [-0.15, -0.1) is 0 Å². The first kappa shape index (κ1) is 14.5. The zero-order chi connectivity index (χ0) is 14.5. The maximum atomic E-state index is 6.01. The van der Waals surface area contributed by atoms with Gasteiger partial charge in [-0.1, -0.05) is 26.8 Å². The predicted octanol–water partition coefficient (Wildman–Crippen LogP) is 2.68. The van der Waals surface area contributed by atoms with Gasteiger partial charge >= 0.3 is 7.12 Å². The molecule has 0 aromatic carbocycles. The first-order valence-corrected chi connectivity index (χ1v) is 6.85. The molecule has 3 nitrogen and oxygen atoms in total. The maximum Gasteiger partial charge on any atom is 0.496 e. The number of pyridine rings is 1. The van der Waals surface area contributed by atoms with Crippen LogP contribution in [-0.4, -0.2) is 23.3 Å². The molecule has 1 aliphatic rings. The van der Waals surface area contributed by atoms with Crippen LogP contribution in [0.3, 0.4) is 0 Å². The van der Waals surface area contributed by atoms with E-state index in [-0.39, 0.29) is 23.7 Å². The molecule has 0 amide bonds. The Labute approximate surface area is 116 Å². The zero-order valence-electron chi connectivity index (χ0n) is 13.1. The molecule has 2 rings (SSSR count). The van der Waals surface area contributed by atoms with E-state index in [0.29, 0.717) is 0 Å². The quantitative estimate of drug-likeness (QED) is 0.730. The van der Waals surface area contributed by atoms with Gasteiger partial charge in [0.05, 0.1) is 11.2 Å². The summed E-state index contributed by atoms with van der Waals surface area (Å²) in [5.74, 6) is 0.